The van der Waals surface area contributed by atoms with Crippen molar-refractivity contribution >= 4 is 23.2 Å². The molecule has 0 aliphatic carbocycles. The van der Waals surface area contributed by atoms with E-state index in [2.05, 4.69) is 4.98 Å². The zero-order valence-electron chi connectivity index (χ0n) is 15.6. The van der Waals surface area contributed by atoms with Crippen molar-refractivity contribution in [2.75, 3.05) is 26.8 Å². The van der Waals surface area contributed by atoms with Gasteiger partial charge < -0.3 is 14.7 Å². The number of hydrogen-bond donors (Lipinski definition) is 1. The number of aliphatic carboxylic acids is 1. The van der Waals surface area contributed by atoms with Gasteiger partial charge >= 0.3 is 5.97 Å². The van der Waals surface area contributed by atoms with Gasteiger partial charge in [0.1, 0.15) is 10.3 Å². The topological polar surface area (TPSA) is 79.7 Å². The molecule has 1 fully saturated rings. The van der Waals surface area contributed by atoms with Crippen LogP contribution in [0, 0.1) is 12.3 Å². The molecule has 1 saturated heterocycles. The zero-order chi connectivity index (χ0) is 19.4. The molecule has 1 aromatic carbocycles. The van der Waals surface area contributed by atoms with Crippen LogP contribution in [0.15, 0.2) is 30.3 Å². The minimum Gasteiger partial charge on any atom is -0.481 e. The number of methoxy groups -OCH3 is 1. The highest BCUT2D eigenvalue weighted by molar-refractivity contribution is 7.13. The molecule has 1 aliphatic rings. The van der Waals surface area contributed by atoms with Crippen LogP contribution in [0.1, 0.15) is 38.8 Å². The Morgan fingerprint density at radius 3 is 2.74 bits per heavy atom. The predicted molar refractivity (Wildman–Crippen MR) is 103 cm³/mol. The lowest BCUT2D eigenvalue weighted by atomic mass is 9.80. The second kappa shape index (κ2) is 8.19. The van der Waals surface area contributed by atoms with Gasteiger partial charge in [-0.15, -0.1) is 11.3 Å². The van der Waals surface area contributed by atoms with Gasteiger partial charge in [0.2, 0.25) is 0 Å². The molecule has 7 heteroatoms. The maximum absolute atomic E-state index is 13.1. The normalized spacial score (nSPS) is 19.9. The maximum Gasteiger partial charge on any atom is 0.313 e. The number of carbonyl (C=O) groups excluding carboxylic acids is 1. The number of aromatic nitrogens is 1. The Balaban J connectivity index is 1.78. The summed E-state index contributed by atoms with van der Waals surface area (Å²) in [6.45, 7) is 2.66. The van der Waals surface area contributed by atoms with Gasteiger partial charge in [0, 0.05) is 26.6 Å². The highest BCUT2D eigenvalue weighted by Crippen LogP contribution is 2.33. The van der Waals surface area contributed by atoms with Gasteiger partial charge in [-0.25, -0.2) is 4.98 Å². The molecule has 1 amide bonds. The SMILES string of the molecule is COCC1(C(=O)O)CCCN(C(=O)c2sc(Cc3ccccc3)nc2C)C1. The number of likely N-dealkylation sites (tertiary alicyclic amines) is 1. The Kier molecular flexibility index (Phi) is 5.92. The monoisotopic (exact) mass is 388 g/mol. The minimum atomic E-state index is -1.03. The summed E-state index contributed by atoms with van der Waals surface area (Å²) >= 11 is 1.40. The van der Waals surface area contributed by atoms with Crippen molar-refractivity contribution in [2.45, 2.75) is 26.2 Å². The summed E-state index contributed by atoms with van der Waals surface area (Å²) in [5, 5.41) is 10.6. The number of piperidine rings is 1. The van der Waals surface area contributed by atoms with Crippen LogP contribution in [0.25, 0.3) is 0 Å². The first-order valence-corrected chi connectivity index (χ1v) is 9.79. The number of ether oxygens (including phenoxy) is 1. The number of carboxylic acids is 1. The minimum absolute atomic E-state index is 0.104. The number of carboxylic acid groups (broad SMARTS) is 1. The molecule has 0 spiro atoms. The molecule has 3 rings (SSSR count). The summed E-state index contributed by atoms with van der Waals surface area (Å²) in [4.78, 5) is 31.7. The highest BCUT2D eigenvalue weighted by atomic mass is 32.1. The van der Waals surface area contributed by atoms with E-state index in [9.17, 15) is 14.7 Å². The number of aryl methyl sites for hydroxylation is 1. The fourth-order valence-electron chi connectivity index (χ4n) is 3.58. The Morgan fingerprint density at radius 2 is 2.07 bits per heavy atom. The third kappa shape index (κ3) is 4.20. The molecular weight excluding hydrogens is 364 g/mol. The van der Waals surface area contributed by atoms with Crippen molar-refractivity contribution in [3.8, 4) is 0 Å². The summed E-state index contributed by atoms with van der Waals surface area (Å²) in [5.41, 5.74) is 0.816. The van der Waals surface area contributed by atoms with Crippen molar-refractivity contribution in [3.63, 3.8) is 0 Å². The van der Waals surface area contributed by atoms with Gasteiger partial charge in [0.05, 0.1) is 17.3 Å². The average Bonchev–Trinajstić information content (AvgIpc) is 3.02. The fourth-order valence-corrected chi connectivity index (χ4v) is 4.64. The maximum atomic E-state index is 13.1. The van der Waals surface area contributed by atoms with E-state index in [1.54, 1.807) is 4.90 Å². The van der Waals surface area contributed by atoms with E-state index in [0.29, 0.717) is 36.4 Å². The van der Waals surface area contributed by atoms with Crippen LogP contribution in [0.3, 0.4) is 0 Å². The van der Waals surface area contributed by atoms with Crippen molar-refractivity contribution in [2.24, 2.45) is 5.41 Å². The van der Waals surface area contributed by atoms with Crippen LogP contribution in [-0.4, -0.2) is 53.7 Å². The van der Waals surface area contributed by atoms with Gasteiger partial charge in [0.15, 0.2) is 0 Å². The average molecular weight is 388 g/mol. The van der Waals surface area contributed by atoms with E-state index < -0.39 is 11.4 Å². The lowest BCUT2D eigenvalue weighted by Crippen LogP contribution is -2.52. The van der Waals surface area contributed by atoms with E-state index in [0.717, 1.165) is 10.6 Å². The number of rotatable bonds is 6. The second-order valence-electron chi connectivity index (χ2n) is 7.03. The zero-order valence-corrected chi connectivity index (χ0v) is 16.4. The third-order valence-electron chi connectivity index (χ3n) is 4.97. The summed E-state index contributed by atoms with van der Waals surface area (Å²) in [7, 11) is 1.49. The fraction of sp³-hybridized carbons (Fsp3) is 0.450. The van der Waals surface area contributed by atoms with E-state index in [1.807, 2.05) is 37.3 Å². The lowest BCUT2D eigenvalue weighted by Gasteiger charge is -2.39. The van der Waals surface area contributed by atoms with Crippen molar-refractivity contribution in [3.05, 3.63) is 51.5 Å². The molecule has 144 valence electrons. The van der Waals surface area contributed by atoms with Crippen molar-refractivity contribution in [1.29, 1.82) is 0 Å². The Labute approximate surface area is 162 Å². The van der Waals surface area contributed by atoms with Crippen molar-refractivity contribution in [1.82, 2.24) is 9.88 Å². The Morgan fingerprint density at radius 1 is 1.33 bits per heavy atom. The van der Waals surface area contributed by atoms with Crippen molar-refractivity contribution < 1.29 is 19.4 Å². The summed E-state index contributed by atoms with van der Waals surface area (Å²) in [6.07, 6.45) is 1.85. The molecule has 27 heavy (non-hydrogen) atoms. The van der Waals surface area contributed by atoms with E-state index in [1.165, 1.54) is 18.4 Å². The molecule has 0 bridgehead atoms. The number of thiazole rings is 1. The van der Waals surface area contributed by atoms with Gasteiger partial charge in [-0.3, -0.25) is 9.59 Å². The van der Waals surface area contributed by atoms with Gasteiger partial charge in [0.25, 0.3) is 5.91 Å². The lowest BCUT2D eigenvalue weighted by molar-refractivity contribution is -0.155. The molecule has 2 heterocycles. The molecule has 1 aromatic heterocycles. The largest absolute Gasteiger partial charge is 0.481 e. The van der Waals surface area contributed by atoms with Crippen LogP contribution in [0.2, 0.25) is 0 Å². The molecular formula is C20H24N2O4S. The molecule has 1 aliphatic heterocycles. The molecule has 0 radical (unpaired) electrons. The van der Waals surface area contributed by atoms with E-state index in [4.69, 9.17) is 4.74 Å². The van der Waals surface area contributed by atoms with E-state index >= 15 is 0 Å². The molecule has 1 N–H and O–H groups in total. The van der Waals surface area contributed by atoms with Crippen LogP contribution in [0.5, 0.6) is 0 Å². The Bertz CT molecular complexity index is 817. The van der Waals surface area contributed by atoms with E-state index in [-0.39, 0.29) is 19.1 Å². The highest BCUT2D eigenvalue weighted by Gasteiger charge is 2.44. The number of benzene rings is 1. The van der Waals surface area contributed by atoms with Crippen LogP contribution in [0.4, 0.5) is 0 Å². The van der Waals surface area contributed by atoms with Gasteiger partial charge in [-0.05, 0) is 25.3 Å². The van der Waals surface area contributed by atoms with Gasteiger partial charge in [-0.1, -0.05) is 30.3 Å². The number of amides is 1. The summed E-state index contributed by atoms with van der Waals surface area (Å²) in [5.74, 6) is -1.04. The molecule has 6 nitrogen and oxygen atoms in total. The smallest absolute Gasteiger partial charge is 0.313 e. The van der Waals surface area contributed by atoms with Crippen LogP contribution in [-0.2, 0) is 16.0 Å². The first-order chi connectivity index (χ1) is 12.9. The molecule has 1 unspecified atom stereocenters. The Hall–Kier alpha value is -2.25. The number of nitrogens with zero attached hydrogens (tertiary/aromatic N) is 2. The summed E-state index contributed by atoms with van der Waals surface area (Å²) < 4.78 is 5.15. The summed E-state index contributed by atoms with van der Waals surface area (Å²) in [6, 6.07) is 10.0. The molecule has 0 saturated carbocycles. The third-order valence-corrected chi connectivity index (χ3v) is 6.12. The van der Waals surface area contributed by atoms with Crippen LogP contribution < -0.4 is 0 Å². The first-order valence-electron chi connectivity index (χ1n) is 8.97. The second-order valence-corrected chi connectivity index (χ2v) is 8.12. The quantitative estimate of drug-likeness (QED) is 0.823. The molecule has 1 atom stereocenters. The number of carbonyl (C=O) groups is 2. The number of hydrogen-bond acceptors (Lipinski definition) is 5. The van der Waals surface area contributed by atoms with Gasteiger partial charge in [-0.2, -0.15) is 0 Å². The standard InChI is InChI=1S/C20H24N2O4S/c1-14-17(27-16(21-14)11-15-7-4-3-5-8-15)18(23)22-10-6-9-20(12-22,13-26-2)19(24)25/h3-5,7-8H,6,9-13H2,1-2H3,(H,24,25). The first kappa shape index (κ1) is 19.5. The predicted octanol–water partition coefficient (Wildman–Crippen LogP) is 3.00. The van der Waals surface area contributed by atoms with Crippen LogP contribution >= 0.6 is 11.3 Å². The molecule has 2 aromatic rings.